The van der Waals surface area contributed by atoms with Crippen LogP contribution in [0.2, 0.25) is 0 Å². The molecule has 18 heavy (non-hydrogen) atoms. The second kappa shape index (κ2) is 5.49. The minimum Gasteiger partial charge on any atom is -0.480 e. The number of aryl methyl sites for hydroxylation is 1. The molecule has 2 rings (SSSR count). The van der Waals surface area contributed by atoms with Crippen molar-refractivity contribution >= 4 is 23.2 Å². The van der Waals surface area contributed by atoms with Crippen LogP contribution in [-0.4, -0.2) is 47.7 Å². The number of hydrogen-bond acceptors (Lipinski definition) is 4. The van der Waals surface area contributed by atoms with Crippen LogP contribution in [0, 0.1) is 6.92 Å². The molecule has 1 N–H and O–H groups in total. The van der Waals surface area contributed by atoms with Crippen LogP contribution in [0.15, 0.2) is 12.1 Å². The number of aliphatic carboxylic acids is 1. The van der Waals surface area contributed by atoms with E-state index in [1.54, 1.807) is 11.3 Å². The average Bonchev–Trinajstić information content (AvgIpc) is 2.74. The molecule has 0 bridgehead atoms. The van der Waals surface area contributed by atoms with Gasteiger partial charge in [-0.15, -0.1) is 11.3 Å². The lowest BCUT2D eigenvalue weighted by molar-refractivity contribution is -0.157. The highest BCUT2D eigenvalue weighted by Crippen LogP contribution is 2.18. The van der Waals surface area contributed by atoms with E-state index in [0.29, 0.717) is 13.2 Å². The topological polar surface area (TPSA) is 66.8 Å². The first-order chi connectivity index (χ1) is 8.58. The molecule has 1 aromatic rings. The van der Waals surface area contributed by atoms with E-state index in [-0.39, 0.29) is 18.9 Å². The third kappa shape index (κ3) is 2.88. The maximum Gasteiger partial charge on any atom is 0.328 e. The van der Waals surface area contributed by atoms with E-state index in [2.05, 4.69) is 0 Å². The number of ether oxygens (including phenoxy) is 1. The molecule has 1 aliphatic heterocycles. The summed E-state index contributed by atoms with van der Waals surface area (Å²) < 4.78 is 5.11. The molecule has 98 valence electrons. The summed E-state index contributed by atoms with van der Waals surface area (Å²) in [5, 5.41) is 9.06. The van der Waals surface area contributed by atoms with Crippen LogP contribution in [0.25, 0.3) is 0 Å². The van der Waals surface area contributed by atoms with Crippen molar-refractivity contribution in [1.29, 1.82) is 0 Å². The van der Waals surface area contributed by atoms with Crippen LogP contribution in [0.4, 0.5) is 0 Å². The van der Waals surface area contributed by atoms with Crippen LogP contribution < -0.4 is 0 Å². The quantitative estimate of drug-likeness (QED) is 0.885. The van der Waals surface area contributed by atoms with Crippen molar-refractivity contribution < 1.29 is 19.4 Å². The Morgan fingerprint density at radius 3 is 2.94 bits per heavy atom. The van der Waals surface area contributed by atoms with Crippen LogP contribution >= 0.6 is 11.3 Å². The maximum absolute atomic E-state index is 12.1. The summed E-state index contributed by atoms with van der Waals surface area (Å²) in [6.07, 6.45) is 0.266. The lowest BCUT2D eigenvalue weighted by atomic mass is 10.2. The largest absolute Gasteiger partial charge is 0.480 e. The zero-order valence-electron chi connectivity index (χ0n) is 10.1. The number of thiophene rings is 1. The minimum absolute atomic E-state index is 0.0739. The Hall–Kier alpha value is -1.40. The van der Waals surface area contributed by atoms with Gasteiger partial charge in [-0.25, -0.2) is 4.79 Å². The highest BCUT2D eigenvalue weighted by molar-refractivity contribution is 7.12. The fraction of sp³-hybridized carbons (Fsp3) is 0.500. The number of nitrogens with zero attached hydrogens (tertiary/aromatic N) is 1. The van der Waals surface area contributed by atoms with Gasteiger partial charge < -0.3 is 14.7 Å². The van der Waals surface area contributed by atoms with Crippen molar-refractivity contribution in [1.82, 2.24) is 4.90 Å². The summed E-state index contributed by atoms with van der Waals surface area (Å²) in [7, 11) is 0. The van der Waals surface area contributed by atoms with E-state index >= 15 is 0 Å². The van der Waals surface area contributed by atoms with E-state index in [4.69, 9.17) is 9.84 Å². The zero-order chi connectivity index (χ0) is 13.1. The Morgan fingerprint density at radius 2 is 2.33 bits per heavy atom. The van der Waals surface area contributed by atoms with Gasteiger partial charge in [0.1, 0.15) is 0 Å². The van der Waals surface area contributed by atoms with Gasteiger partial charge in [0.05, 0.1) is 19.6 Å². The Balaban J connectivity index is 2.04. The van der Waals surface area contributed by atoms with Crippen molar-refractivity contribution in [2.45, 2.75) is 19.4 Å². The van der Waals surface area contributed by atoms with Gasteiger partial charge in [-0.1, -0.05) is 0 Å². The van der Waals surface area contributed by atoms with Crippen LogP contribution in [0.5, 0.6) is 0 Å². The molecular formula is C12H15NO4S. The lowest BCUT2D eigenvalue weighted by Crippen LogP contribution is -2.53. The number of amides is 1. The second-order valence-corrected chi connectivity index (χ2v) is 5.58. The fourth-order valence-corrected chi connectivity index (χ4v) is 2.82. The molecule has 0 aliphatic carbocycles. The molecule has 1 fully saturated rings. The van der Waals surface area contributed by atoms with Crippen molar-refractivity contribution in [3.8, 4) is 0 Å². The smallest absolute Gasteiger partial charge is 0.328 e. The third-order valence-corrected chi connectivity index (χ3v) is 3.86. The highest BCUT2D eigenvalue weighted by Gasteiger charge is 2.32. The number of hydrogen-bond donors (Lipinski definition) is 1. The molecule has 0 unspecified atom stereocenters. The molecule has 0 aromatic carbocycles. The molecule has 6 heteroatoms. The summed E-state index contributed by atoms with van der Waals surface area (Å²) in [5.74, 6) is -1.15. The summed E-state index contributed by atoms with van der Waals surface area (Å²) in [5.41, 5.74) is 0. The molecule has 0 radical (unpaired) electrons. The molecular weight excluding hydrogens is 254 g/mol. The van der Waals surface area contributed by atoms with E-state index in [0.717, 1.165) is 9.75 Å². The fourth-order valence-electron chi connectivity index (χ4n) is 1.94. The first-order valence-electron chi connectivity index (χ1n) is 5.73. The highest BCUT2D eigenvalue weighted by atomic mass is 32.1. The monoisotopic (exact) mass is 269 g/mol. The van der Waals surface area contributed by atoms with Crippen molar-refractivity contribution in [3.63, 3.8) is 0 Å². The SMILES string of the molecule is Cc1ccc(CC(=O)N2CCOC[C@@H]2C(=O)O)s1. The van der Waals surface area contributed by atoms with Gasteiger partial charge in [0.25, 0.3) is 0 Å². The third-order valence-electron chi connectivity index (χ3n) is 2.86. The van der Waals surface area contributed by atoms with E-state index in [1.807, 2.05) is 19.1 Å². The van der Waals surface area contributed by atoms with Gasteiger partial charge >= 0.3 is 5.97 Å². The number of carbonyl (C=O) groups is 2. The molecule has 1 aromatic heterocycles. The maximum atomic E-state index is 12.1. The van der Waals surface area contributed by atoms with E-state index < -0.39 is 12.0 Å². The molecule has 1 amide bonds. The number of morpholine rings is 1. The van der Waals surface area contributed by atoms with Gasteiger partial charge in [0, 0.05) is 16.3 Å². The summed E-state index contributed by atoms with van der Waals surface area (Å²) in [6, 6.07) is 3.02. The molecule has 0 spiro atoms. The predicted octanol–water partition coefficient (Wildman–Crippen LogP) is 0.911. The van der Waals surface area contributed by atoms with Gasteiger partial charge in [-0.2, -0.15) is 0 Å². The van der Waals surface area contributed by atoms with Gasteiger partial charge in [0.15, 0.2) is 6.04 Å². The van der Waals surface area contributed by atoms with E-state index in [1.165, 1.54) is 4.90 Å². The molecule has 1 aliphatic rings. The first-order valence-corrected chi connectivity index (χ1v) is 6.55. The van der Waals surface area contributed by atoms with Gasteiger partial charge in [-0.3, -0.25) is 4.79 Å². The van der Waals surface area contributed by atoms with Crippen molar-refractivity contribution in [2.24, 2.45) is 0 Å². The standard InChI is InChI=1S/C12H15NO4S/c1-8-2-3-9(18-8)6-11(14)13-4-5-17-7-10(13)12(15)16/h2-3,10H,4-7H2,1H3,(H,15,16)/t10-/m1/s1. The number of carbonyl (C=O) groups excluding carboxylic acids is 1. The first kappa shape index (κ1) is 13.0. The zero-order valence-corrected chi connectivity index (χ0v) is 10.9. The Labute approximate surface area is 109 Å². The van der Waals surface area contributed by atoms with Crippen molar-refractivity contribution in [2.75, 3.05) is 19.8 Å². The number of carboxylic acid groups (broad SMARTS) is 1. The van der Waals surface area contributed by atoms with Gasteiger partial charge in [-0.05, 0) is 19.1 Å². The number of carboxylic acids is 1. The molecule has 1 atom stereocenters. The average molecular weight is 269 g/mol. The minimum atomic E-state index is -1.01. The molecule has 0 saturated carbocycles. The Bertz CT molecular complexity index is 457. The Kier molecular flexibility index (Phi) is 3.98. The second-order valence-electron chi connectivity index (χ2n) is 4.21. The predicted molar refractivity (Wildman–Crippen MR) is 66.7 cm³/mol. The summed E-state index contributed by atoms with van der Waals surface area (Å²) in [6.45, 7) is 2.80. The summed E-state index contributed by atoms with van der Waals surface area (Å²) >= 11 is 1.56. The summed E-state index contributed by atoms with van der Waals surface area (Å²) in [4.78, 5) is 26.7. The normalized spacial score (nSPS) is 19.8. The van der Waals surface area contributed by atoms with Crippen LogP contribution in [-0.2, 0) is 20.7 Å². The van der Waals surface area contributed by atoms with Crippen LogP contribution in [0.3, 0.4) is 0 Å². The van der Waals surface area contributed by atoms with E-state index in [9.17, 15) is 9.59 Å². The Morgan fingerprint density at radius 1 is 1.56 bits per heavy atom. The molecule has 5 nitrogen and oxygen atoms in total. The van der Waals surface area contributed by atoms with Gasteiger partial charge in [0.2, 0.25) is 5.91 Å². The number of rotatable bonds is 3. The van der Waals surface area contributed by atoms with Crippen LogP contribution in [0.1, 0.15) is 9.75 Å². The molecule has 1 saturated heterocycles. The lowest BCUT2D eigenvalue weighted by Gasteiger charge is -2.32. The van der Waals surface area contributed by atoms with Crippen molar-refractivity contribution in [3.05, 3.63) is 21.9 Å². The molecule has 2 heterocycles.